The number of benzene rings is 1. The standard InChI is InChI=1S/C10H14O2/c1-3-4-8-5-7(2)10(12)9(11)6-8/h5-6,11-12H,3-4H2,1-2H3. The molecule has 12 heavy (non-hydrogen) atoms. The molecule has 0 aliphatic carbocycles. The fourth-order valence-electron chi connectivity index (χ4n) is 1.27. The zero-order valence-corrected chi connectivity index (χ0v) is 7.46. The van der Waals surface area contributed by atoms with E-state index >= 15 is 0 Å². The zero-order valence-electron chi connectivity index (χ0n) is 7.46. The van der Waals surface area contributed by atoms with E-state index in [4.69, 9.17) is 0 Å². The maximum Gasteiger partial charge on any atom is 0.160 e. The number of hydrogen-bond donors (Lipinski definition) is 2. The topological polar surface area (TPSA) is 40.5 Å². The normalized spacial score (nSPS) is 10.2. The van der Waals surface area contributed by atoms with Crippen LogP contribution in [-0.4, -0.2) is 10.2 Å². The highest BCUT2D eigenvalue weighted by Crippen LogP contribution is 2.29. The number of hydrogen-bond acceptors (Lipinski definition) is 2. The molecule has 0 aliphatic heterocycles. The molecule has 66 valence electrons. The fraction of sp³-hybridized carbons (Fsp3) is 0.400. The second kappa shape index (κ2) is 3.48. The van der Waals surface area contributed by atoms with Gasteiger partial charge in [-0.3, -0.25) is 0 Å². The maximum absolute atomic E-state index is 9.26. The van der Waals surface area contributed by atoms with Gasteiger partial charge in [0.25, 0.3) is 0 Å². The zero-order chi connectivity index (χ0) is 9.14. The Kier molecular flexibility index (Phi) is 2.58. The lowest BCUT2D eigenvalue weighted by Gasteiger charge is -2.05. The Balaban J connectivity index is 3.04. The second-order valence-corrected chi connectivity index (χ2v) is 3.03. The molecule has 0 fully saturated rings. The van der Waals surface area contributed by atoms with Crippen molar-refractivity contribution in [2.75, 3.05) is 0 Å². The number of rotatable bonds is 2. The summed E-state index contributed by atoms with van der Waals surface area (Å²) in [5, 5.41) is 18.5. The summed E-state index contributed by atoms with van der Waals surface area (Å²) < 4.78 is 0. The minimum atomic E-state index is -0.0153. The lowest BCUT2D eigenvalue weighted by Crippen LogP contribution is -1.85. The quantitative estimate of drug-likeness (QED) is 0.662. The summed E-state index contributed by atoms with van der Waals surface area (Å²) in [4.78, 5) is 0. The smallest absolute Gasteiger partial charge is 0.160 e. The monoisotopic (exact) mass is 166 g/mol. The Hall–Kier alpha value is -1.18. The summed E-state index contributed by atoms with van der Waals surface area (Å²) in [6, 6.07) is 3.52. The summed E-state index contributed by atoms with van der Waals surface area (Å²) in [6.07, 6.45) is 1.98. The van der Waals surface area contributed by atoms with Gasteiger partial charge in [0, 0.05) is 0 Å². The van der Waals surface area contributed by atoms with Crippen molar-refractivity contribution in [3.63, 3.8) is 0 Å². The van der Waals surface area contributed by atoms with Gasteiger partial charge in [0.15, 0.2) is 11.5 Å². The fourth-order valence-corrected chi connectivity index (χ4v) is 1.27. The van der Waals surface area contributed by atoms with E-state index in [0.717, 1.165) is 24.0 Å². The van der Waals surface area contributed by atoms with Gasteiger partial charge in [0.2, 0.25) is 0 Å². The van der Waals surface area contributed by atoms with Crippen molar-refractivity contribution < 1.29 is 10.2 Å². The molecule has 0 aliphatic rings. The Bertz CT molecular complexity index is 256. The minimum absolute atomic E-state index is 0.00477. The molecule has 0 unspecified atom stereocenters. The third-order valence-electron chi connectivity index (χ3n) is 1.88. The van der Waals surface area contributed by atoms with Gasteiger partial charge < -0.3 is 10.2 Å². The van der Waals surface area contributed by atoms with E-state index in [1.54, 1.807) is 13.0 Å². The van der Waals surface area contributed by atoms with Crippen molar-refractivity contribution in [2.45, 2.75) is 26.7 Å². The molecule has 0 heterocycles. The third-order valence-corrected chi connectivity index (χ3v) is 1.88. The van der Waals surface area contributed by atoms with Crippen molar-refractivity contribution in [2.24, 2.45) is 0 Å². The highest BCUT2D eigenvalue weighted by Gasteiger charge is 2.04. The summed E-state index contributed by atoms with van der Waals surface area (Å²) in [5.41, 5.74) is 1.81. The number of phenolic OH excluding ortho intramolecular Hbond substituents is 2. The van der Waals surface area contributed by atoms with Crippen LogP contribution in [0.5, 0.6) is 11.5 Å². The molecule has 0 amide bonds. The molecule has 1 aromatic rings. The Morgan fingerprint density at radius 2 is 1.92 bits per heavy atom. The summed E-state index contributed by atoms with van der Waals surface area (Å²) in [5.74, 6) is -0.0201. The van der Waals surface area contributed by atoms with Crippen molar-refractivity contribution in [3.05, 3.63) is 23.3 Å². The van der Waals surface area contributed by atoms with E-state index in [9.17, 15) is 10.2 Å². The van der Waals surface area contributed by atoms with Crippen LogP contribution in [0.2, 0.25) is 0 Å². The minimum Gasteiger partial charge on any atom is -0.504 e. The highest BCUT2D eigenvalue weighted by molar-refractivity contribution is 5.46. The molecule has 2 nitrogen and oxygen atoms in total. The molecule has 2 N–H and O–H groups in total. The predicted molar refractivity (Wildman–Crippen MR) is 48.5 cm³/mol. The summed E-state index contributed by atoms with van der Waals surface area (Å²) in [6.45, 7) is 3.87. The first-order chi connectivity index (χ1) is 5.65. The van der Waals surface area contributed by atoms with E-state index in [1.807, 2.05) is 6.07 Å². The highest BCUT2D eigenvalue weighted by atomic mass is 16.3. The second-order valence-electron chi connectivity index (χ2n) is 3.03. The first-order valence-corrected chi connectivity index (χ1v) is 4.16. The molecule has 0 saturated heterocycles. The van der Waals surface area contributed by atoms with Gasteiger partial charge in [-0.1, -0.05) is 19.4 Å². The van der Waals surface area contributed by atoms with Gasteiger partial charge >= 0.3 is 0 Å². The van der Waals surface area contributed by atoms with Crippen molar-refractivity contribution in [1.82, 2.24) is 0 Å². The van der Waals surface area contributed by atoms with E-state index in [1.165, 1.54) is 0 Å². The van der Waals surface area contributed by atoms with Gasteiger partial charge in [0.05, 0.1) is 0 Å². The average molecular weight is 166 g/mol. The van der Waals surface area contributed by atoms with E-state index < -0.39 is 0 Å². The molecule has 0 saturated carbocycles. The third kappa shape index (κ3) is 1.70. The number of aryl methyl sites for hydroxylation is 2. The average Bonchev–Trinajstić information content (AvgIpc) is 2.01. The molecule has 1 aromatic carbocycles. The molecule has 2 heteroatoms. The predicted octanol–water partition coefficient (Wildman–Crippen LogP) is 2.36. The molecular weight excluding hydrogens is 152 g/mol. The first kappa shape index (κ1) is 8.91. The van der Waals surface area contributed by atoms with Crippen LogP contribution >= 0.6 is 0 Å². The van der Waals surface area contributed by atoms with E-state index in [-0.39, 0.29) is 11.5 Å². The van der Waals surface area contributed by atoms with Crippen molar-refractivity contribution >= 4 is 0 Å². The number of phenols is 2. The van der Waals surface area contributed by atoms with Crippen molar-refractivity contribution in [1.29, 1.82) is 0 Å². The van der Waals surface area contributed by atoms with E-state index in [0.29, 0.717) is 0 Å². The summed E-state index contributed by atoms with van der Waals surface area (Å²) in [7, 11) is 0. The lowest BCUT2D eigenvalue weighted by atomic mass is 10.1. The molecule has 0 radical (unpaired) electrons. The molecule has 1 rings (SSSR count). The van der Waals surface area contributed by atoms with Crippen LogP contribution < -0.4 is 0 Å². The Morgan fingerprint density at radius 3 is 2.42 bits per heavy atom. The van der Waals surface area contributed by atoms with Crippen LogP contribution in [0.4, 0.5) is 0 Å². The van der Waals surface area contributed by atoms with Gasteiger partial charge in [0.1, 0.15) is 0 Å². The first-order valence-electron chi connectivity index (χ1n) is 4.16. The largest absolute Gasteiger partial charge is 0.504 e. The van der Waals surface area contributed by atoms with Crippen LogP contribution in [0, 0.1) is 6.92 Å². The maximum atomic E-state index is 9.26. The lowest BCUT2D eigenvalue weighted by molar-refractivity contribution is 0.400. The SMILES string of the molecule is CCCc1cc(C)c(O)c(O)c1. The van der Waals surface area contributed by atoms with Gasteiger partial charge in [-0.2, -0.15) is 0 Å². The van der Waals surface area contributed by atoms with Crippen LogP contribution in [0.25, 0.3) is 0 Å². The molecular formula is C10H14O2. The Morgan fingerprint density at radius 1 is 1.25 bits per heavy atom. The molecule has 0 atom stereocenters. The van der Waals surface area contributed by atoms with Crippen LogP contribution in [-0.2, 0) is 6.42 Å². The van der Waals surface area contributed by atoms with Crippen LogP contribution in [0.3, 0.4) is 0 Å². The van der Waals surface area contributed by atoms with Crippen molar-refractivity contribution in [3.8, 4) is 11.5 Å². The number of aromatic hydroxyl groups is 2. The van der Waals surface area contributed by atoms with Gasteiger partial charge in [-0.25, -0.2) is 0 Å². The molecule has 0 bridgehead atoms. The molecule has 0 spiro atoms. The van der Waals surface area contributed by atoms with Crippen LogP contribution in [0.15, 0.2) is 12.1 Å². The Labute approximate surface area is 72.5 Å². The molecule has 0 aromatic heterocycles. The van der Waals surface area contributed by atoms with Gasteiger partial charge in [-0.15, -0.1) is 0 Å². The van der Waals surface area contributed by atoms with Crippen LogP contribution in [0.1, 0.15) is 24.5 Å². The summed E-state index contributed by atoms with van der Waals surface area (Å²) >= 11 is 0. The van der Waals surface area contributed by atoms with E-state index in [2.05, 4.69) is 6.92 Å². The van der Waals surface area contributed by atoms with Gasteiger partial charge in [-0.05, 0) is 30.5 Å².